The Hall–Kier alpha value is -1.53. The molecule has 0 saturated heterocycles. The molecule has 0 saturated carbocycles. The van der Waals surface area contributed by atoms with Crippen LogP contribution in [0.25, 0.3) is 0 Å². The molecule has 0 spiro atoms. The van der Waals surface area contributed by atoms with E-state index in [2.05, 4.69) is 0 Å². The van der Waals surface area contributed by atoms with E-state index in [1.165, 1.54) is 0 Å². The molecule has 0 radical (unpaired) electrons. The molecule has 1 atom stereocenters. The number of rotatable bonds is 3. The van der Waals surface area contributed by atoms with Crippen molar-refractivity contribution in [2.24, 2.45) is 0 Å². The lowest BCUT2D eigenvalue weighted by atomic mass is 10.2. The van der Waals surface area contributed by atoms with Gasteiger partial charge in [0.1, 0.15) is 5.75 Å². The van der Waals surface area contributed by atoms with Gasteiger partial charge < -0.3 is 4.52 Å². The van der Waals surface area contributed by atoms with E-state index in [0.717, 1.165) is 16.4 Å². The van der Waals surface area contributed by atoms with Crippen molar-refractivity contribution in [2.45, 2.75) is 13.8 Å². The third kappa shape index (κ3) is 3.21. The fourth-order valence-electron chi connectivity index (χ4n) is 1.46. The van der Waals surface area contributed by atoms with E-state index in [0.29, 0.717) is 5.75 Å². The van der Waals surface area contributed by atoms with Gasteiger partial charge in [-0.3, -0.25) is 4.57 Å². The van der Waals surface area contributed by atoms with Crippen molar-refractivity contribution < 1.29 is 9.09 Å². The van der Waals surface area contributed by atoms with Crippen LogP contribution in [0.2, 0.25) is 0 Å². The minimum Gasteiger partial charge on any atom is -0.442 e. The molecule has 1 unspecified atom stereocenters. The van der Waals surface area contributed by atoms with E-state index in [4.69, 9.17) is 4.52 Å². The average molecular weight is 246 g/mol. The lowest BCUT2D eigenvalue weighted by Crippen LogP contribution is -1.99. The normalized spacial score (nSPS) is 12.1. The number of benzene rings is 2. The minimum atomic E-state index is -2.20. The van der Waals surface area contributed by atoms with Crippen molar-refractivity contribution in [1.82, 2.24) is 0 Å². The molecule has 0 heterocycles. The highest BCUT2D eigenvalue weighted by atomic mass is 31.1. The SMILES string of the molecule is Cc1ccc(O[PH](=O)c2ccc(C)cc2)cc1. The van der Waals surface area contributed by atoms with Crippen LogP contribution in [0.3, 0.4) is 0 Å². The number of aryl methyl sites for hydroxylation is 2. The van der Waals surface area contributed by atoms with Crippen LogP contribution in [-0.4, -0.2) is 0 Å². The maximum absolute atomic E-state index is 12.0. The second-order valence-corrected chi connectivity index (χ2v) is 5.42. The number of hydrogen-bond acceptors (Lipinski definition) is 2. The lowest BCUT2D eigenvalue weighted by Gasteiger charge is -2.06. The van der Waals surface area contributed by atoms with Crippen LogP contribution in [0.15, 0.2) is 48.5 Å². The highest BCUT2D eigenvalue weighted by Crippen LogP contribution is 2.26. The Balaban J connectivity index is 2.11. The summed E-state index contributed by atoms with van der Waals surface area (Å²) in [5.74, 6) is 0.653. The first kappa shape index (κ1) is 11.9. The smallest absolute Gasteiger partial charge is 0.265 e. The molecule has 0 amide bonds. The summed E-state index contributed by atoms with van der Waals surface area (Å²) >= 11 is 0. The van der Waals surface area contributed by atoms with Gasteiger partial charge in [-0.2, -0.15) is 0 Å². The minimum absolute atomic E-state index is 0.653. The van der Waals surface area contributed by atoms with Gasteiger partial charge in [0.05, 0.1) is 0 Å². The summed E-state index contributed by atoms with van der Waals surface area (Å²) in [7, 11) is -2.20. The molecule has 2 aromatic carbocycles. The van der Waals surface area contributed by atoms with Gasteiger partial charge in [-0.05, 0) is 38.1 Å². The first-order chi connectivity index (χ1) is 8.15. The van der Waals surface area contributed by atoms with E-state index in [-0.39, 0.29) is 0 Å². The second-order valence-electron chi connectivity index (χ2n) is 4.07. The largest absolute Gasteiger partial charge is 0.442 e. The van der Waals surface area contributed by atoms with E-state index in [9.17, 15) is 4.57 Å². The van der Waals surface area contributed by atoms with Gasteiger partial charge in [0, 0.05) is 5.30 Å². The van der Waals surface area contributed by atoms with Crippen molar-refractivity contribution in [3.05, 3.63) is 59.7 Å². The maximum atomic E-state index is 12.0. The molecule has 2 nitrogen and oxygen atoms in total. The topological polar surface area (TPSA) is 26.3 Å². The van der Waals surface area contributed by atoms with E-state index in [1.54, 1.807) is 0 Å². The standard InChI is InChI=1S/C14H15O2P/c1-11-3-7-13(8-4-11)16-17(15)14-9-5-12(2)6-10-14/h3-10,17H,1-2H3. The third-order valence-electron chi connectivity index (χ3n) is 2.52. The van der Waals surface area contributed by atoms with Gasteiger partial charge in [0.25, 0.3) is 8.03 Å². The summed E-state index contributed by atoms with van der Waals surface area (Å²) < 4.78 is 17.4. The van der Waals surface area contributed by atoms with Gasteiger partial charge in [0.2, 0.25) is 0 Å². The van der Waals surface area contributed by atoms with Crippen LogP contribution in [-0.2, 0) is 4.57 Å². The Morgan fingerprint density at radius 2 is 1.29 bits per heavy atom. The van der Waals surface area contributed by atoms with E-state index in [1.807, 2.05) is 62.4 Å². The van der Waals surface area contributed by atoms with Gasteiger partial charge in [0.15, 0.2) is 0 Å². The van der Waals surface area contributed by atoms with Crippen LogP contribution in [0.1, 0.15) is 11.1 Å². The van der Waals surface area contributed by atoms with E-state index >= 15 is 0 Å². The van der Waals surface area contributed by atoms with Crippen molar-refractivity contribution in [3.63, 3.8) is 0 Å². The summed E-state index contributed by atoms with van der Waals surface area (Å²) in [5, 5.41) is 0.751. The van der Waals surface area contributed by atoms with Crippen LogP contribution >= 0.6 is 8.03 Å². The Morgan fingerprint density at radius 3 is 1.82 bits per heavy atom. The summed E-state index contributed by atoms with van der Waals surface area (Å²) in [4.78, 5) is 0. The molecule has 17 heavy (non-hydrogen) atoms. The highest BCUT2D eigenvalue weighted by Gasteiger charge is 2.04. The van der Waals surface area contributed by atoms with E-state index < -0.39 is 8.03 Å². The van der Waals surface area contributed by atoms with Crippen LogP contribution < -0.4 is 9.83 Å². The third-order valence-corrected chi connectivity index (χ3v) is 3.74. The number of hydrogen-bond donors (Lipinski definition) is 0. The Bertz CT molecular complexity index is 515. The molecule has 88 valence electrons. The molecular formula is C14H15O2P. The predicted octanol–water partition coefficient (Wildman–Crippen LogP) is 3.48. The molecule has 0 fully saturated rings. The van der Waals surface area contributed by atoms with Gasteiger partial charge in [-0.25, -0.2) is 0 Å². The Kier molecular flexibility index (Phi) is 3.65. The fraction of sp³-hybridized carbons (Fsp3) is 0.143. The summed E-state index contributed by atoms with van der Waals surface area (Å²) in [6.45, 7) is 4.01. The molecule has 2 rings (SSSR count). The molecule has 3 heteroatoms. The van der Waals surface area contributed by atoms with Crippen molar-refractivity contribution in [3.8, 4) is 5.75 Å². The molecule has 0 aliphatic rings. The first-order valence-electron chi connectivity index (χ1n) is 5.51. The van der Waals surface area contributed by atoms with Gasteiger partial charge >= 0.3 is 0 Å². The molecular weight excluding hydrogens is 231 g/mol. The average Bonchev–Trinajstić information content (AvgIpc) is 2.33. The predicted molar refractivity (Wildman–Crippen MR) is 71.6 cm³/mol. The zero-order chi connectivity index (χ0) is 12.3. The van der Waals surface area contributed by atoms with Crippen molar-refractivity contribution >= 4 is 13.3 Å². The maximum Gasteiger partial charge on any atom is 0.265 e. The van der Waals surface area contributed by atoms with Crippen LogP contribution in [0.4, 0.5) is 0 Å². The summed E-state index contributed by atoms with van der Waals surface area (Å²) in [6.07, 6.45) is 0. The monoisotopic (exact) mass is 246 g/mol. The Labute approximate surface area is 102 Å². The van der Waals surface area contributed by atoms with Crippen LogP contribution in [0.5, 0.6) is 5.75 Å². The van der Waals surface area contributed by atoms with Crippen molar-refractivity contribution in [2.75, 3.05) is 0 Å². The molecule has 0 N–H and O–H groups in total. The molecule has 0 bridgehead atoms. The van der Waals surface area contributed by atoms with Crippen molar-refractivity contribution in [1.29, 1.82) is 0 Å². The first-order valence-corrected chi connectivity index (χ1v) is 6.82. The van der Waals surface area contributed by atoms with Crippen LogP contribution in [0, 0.1) is 13.8 Å². The fourth-order valence-corrected chi connectivity index (χ4v) is 2.37. The summed E-state index contributed by atoms with van der Waals surface area (Å²) in [6, 6.07) is 15.2. The second kappa shape index (κ2) is 5.20. The van der Waals surface area contributed by atoms with Gasteiger partial charge in [-0.15, -0.1) is 0 Å². The summed E-state index contributed by atoms with van der Waals surface area (Å²) in [5.41, 5.74) is 2.31. The lowest BCUT2D eigenvalue weighted by molar-refractivity contribution is 0.514. The molecule has 0 aliphatic carbocycles. The molecule has 0 aromatic heterocycles. The highest BCUT2D eigenvalue weighted by molar-refractivity contribution is 7.48. The quantitative estimate of drug-likeness (QED) is 0.775. The zero-order valence-corrected chi connectivity index (χ0v) is 10.9. The zero-order valence-electron chi connectivity index (χ0n) is 9.94. The molecule has 0 aliphatic heterocycles. The Morgan fingerprint density at radius 1 is 0.824 bits per heavy atom. The van der Waals surface area contributed by atoms with Gasteiger partial charge in [-0.1, -0.05) is 35.4 Å². The molecule has 2 aromatic rings.